The van der Waals surface area contributed by atoms with Crippen LogP contribution in [0.3, 0.4) is 0 Å². The van der Waals surface area contributed by atoms with E-state index < -0.39 is 27.3 Å². The molecule has 1 aliphatic rings. The molecule has 0 saturated heterocycles. The minimum atomic E-state index is -3.17. The zero-order chi connectivity index (χ0) is 20.6. The van der Waals surface area contributed by atoms with E-state index in [1.54, 1.807) is 24.3 Å². The van der Waals surface area contributed by atoms with Gasteiger partial charge in [0.25, 0.3) is 0 Å². The largest absolute Gasteiger partial charge is 0.324 e. The maximum absolute atomic E-state index is 14.1. The molecule has 0 radical (unpaired) electrons. The van der Waals surface area contributed by atoms with Gasteiger partial charge in [0, 0.05) is 17.3 Å². The zero-order valence-electron chi connectivity index (χ0n) is 15.1. The fraction of sp³-hybridized carbons (Fsp3) is 0.200. The predicted molar refractivity (Wildman–Crippen MR) is 103 cm³/mol. The van der Waals surface area contributed by atoms with E-state index in [1.165, 1.54) is 0 Å². The van der Waals surface area contributed by atoms with Crippen LogP contribution in [-0.4, -0.2) is 23.6 Å². The summed E-state index contributed by atoms with van der Waals surface area (Å²) in [7, 11) is -3.17. The van der Waals surface area contributed by atoms with Crippen molar-refractivity contribution in [3.8, 4) is 11.3 Å². The Bertz CT molecular complexity index is 1180. The summed E-state index contributed by atoms with van der Waals surface area (Å²) in [5.74, 6) is -2.65. The molecular formula is C20H16F3N3O2S. The van der Waals surface area contributed by atoms with Crippen molar-refractivity contribution in [3.05, 3.63) is 71.7 Å². The minimum absolute atomic E-state index is 0.00711. The van der Waals surface area contributed by atoms with Crippen LogP contribution in [0, 0.1) is 17.5 Å². The number of hydrogen-bond donors (Lipinski definition) is 1. The lowest BCUT2D eigenvalue weighted by Gasteiger charge is -2.10. The van der Waals surface area contributed by atoms with E-state index >= 15 is 0 Å². The van der Waals surface area contributed by atoms with Gasteiger partial charge in [-0.1, -0.05) is 12.1 Å². The highest BCUT2D eigenvalue weighted by molar-refractivity contribution is 7.91. The highest BCUT2D eigenvalue weighted by atomic mass is 32.2. The molecule has 5 nitrogen and oxygen atoms in total. The van der Waals surface area contributed by atoms with E-state index in [0.29, 0.717) is 30.2 Å². The fourth-order valence-corrected chi connectivity index (χ4v) is 4.68. The van der Waals surface area contributed by atoms with Gasteiger partial charge in [-0.3, -0.25) is 0 Å². The SMILES string of the molecule is O=S(=O)(Cc1cccc(Nc2ncc(F)c(-c3ccc(F)cc3F)n2)c1)C1CC1. The lowest BCUT2D eigenvalue weighted by Crippen LogP contribution is -2.10. The van der Waals surface area contributed by atoms with Gasteiger partial charge in [-0.05, 0) is 42.7 Å². The van der Waals surface area contributed by atoms with Crippen molar-refractivity contribution in [2.24, 2.45) is 0 Å². The molecule has 0 bridgehead atoms. The summed E-state index contributed by atoms with van der Waals surface area (Å²) >= 11 is 0. The molecule has 29 heavy (non-hydrogen) atoms. The first-order chi connectivity index (χ1) is 13.8. The van der Waals surface area contributed by atoms with Gasteiger partial charge in [-0.15, -0.1) is 0 Å². The maximum atomic E-state index is 14.1. The first-order valence-electron chi connectivity index (χ1n) is 8.87. The number of aromatic nitrogens is 2. The standard InChI is InChI=1S/C20H16F3N3O2S/c21-13-4-7-16(17(22)9-13)19-18(23)10-24-20(26-19)25-14-3-1-2-12(8-14)11-29(27,28)15-5-6-15/h1-4,7-10,15H,5-6,11H2,(H,24,25,26). The van der Waals surface area contributed by atoms with Crippen LogP contribution in [-0.2, 0) is 15.6 Å². The van der Waals surface area contributed by atoms with E-state index in [0.717, 1.165) is 18.3 Å². The first-order valence-corrected chi connectivity index (χ1v) is 10.6. The second-order valence-corrected chi connectivity index (χ2v) is 9.13. The highest BCUT2D eigenvalue weighted by Gasteiger charge is 2.35. The summed E-state index contributed by atoms with van der Waals surface area (Å²) in [6.07, 6.45) is 2.29. The van der Waals surface area contributed by atoms with Gasteiger partial charge in [0.2, 0.25) is 5.95 Å². The van der Waals surface area contributed by atoms with Crippen molar-refractivity contribution in [2.45, 2.75) is 23.8 Å². The number of halogens is 3. The molecule has 0 unspecified atom stereocenters. The smallest absolute Gasteiger partial charge is 0.227 e. The van der Waals surface area contributed by atoms with E-state index in [4.69, 9.17) is 0 Å². The molecule has 1 N–H and O–H groups in total. The van der Waals surface area contributed by atoms with Crippen LogP contribution < -0.4 is 5.32 Å². The topological polar surface area (TPSA) is 72.0 Å². The molecule has 1 aromatic heterocycles. The third-order valence-corrected chi connectivity index (χ3v) is 6.74. The molecule has 1 saturated carbocycles. The minimum Gasteiger partial charge on any atom is -0.324 e. The van der Waals surface area contributed by atoms with Crippen LogP contribution in [0.1, 0.15) is 18.4 Å². The summed E-state index contributed by atoms with van der Waals surface area (Å²) < 4.78 is 65.6. The van der Waals surface area contributed by atoms with Crippen LogP contribution >= 0.6 is 0 Å². The normalized spacial score (nSPS) is 14.0. The molecular weight excluding hydrogens is 403 g/mol. The lowest BCUT2D eigenvalue weighted by molar-refractivity contribution is 0.580. The fourth-order valence-electron chi connectivity index (χ4n) is 2.94. The van der Waals surface area contributed by atoms with Crippen molar-refractivity contribution in [3.63, 3.8) is 0 Å². The first kappa shape index (κ1) is 19.4. The van der Waals surface area contributed by atoms with Gasteiger partial charge >= 0.3 is 0 Å². The van der Waals surface area contributed by atoms with Crippen molar-refractivity contribution in [1.29, 1.82) is 0 Å². The van der Waals surface area contributed by atoms with Crippen molar-refractivity contribution >= 4 is 21.5 Å². The molecule has 2 aromatic carbocycles. The van der Waals surface area contributed by atoms with Gasteiger partial charge < -0.3 is 5.32 Å². The molecule has 150 valence electrons. The van der Waals surface area contributed by atoms with Gasteiger partial charge in [0.15, 0.2) is 15.7 Å². The second kappa shape index (κ2) is 7.47. The summed E-state index contributed by atoms with van der Waals surface area (Å²) in [5, 5.41) is 2.61. The number of nitrogens with zero attached hydrogens (tertiary/aromatic N) is 2. The van der Waals surface area contributed by atoms with Crippen molar-refractivity contribution < 1.29 is 21.6 Å². The van der Waals surface area contributed by atoms with E-state index in [9.17, 15) is 21.6 Å². The molecule has 1 heterocycles. The van der Waals surface area contributed by atoms with E-state index in [1.807, 2.05) is 0 Å². The molecule has 1 aliphatic carbocycles. The van der Waals surface area contributed by atoms with Crippen LogP contribution in [0.15, 0.2) is 48.7 Å². The van der Waals surface area contributed by atoms with Gasteiger partial charge in [0.05, 0.1) is 17.2 Å². The predicted octanol–water partition coefficient (Wildman–Crippen LogP) is 4.38. The summed E-state index contributed by atoms with van der Waals surface area (Å²) in [6.45, 7) is 0. The Morgan fingerprint density at radius 2 is 1.83 bits per heavy atom. The number of sulfone groups is 1. The lowest BCUT2D eigenvalue weighted by atomic mass is 10.1. The average Bonchev–Trinajstić information content (AvgIpc) is 3.50. The Labute approximate surface area is 165 Å². The summed E-state index contributed by atoms with van der Waals surface area (Å²) in [4.78, 5) is 7.83. The molecule has 0 atom stereocenters. The maximum Gasteiger partial charge on any atom is 0.227 e. The molecule has 9 heteroatoms. The second-order valence-electron chi connectivity index (χ2n) is 6.85. The van der Waals surface area contributed by atoms with E-state index in [-0.39, 0.29) is 28.2 Å². The Balaban J connectivity index is 1.59. The van der Waals surface area contributed by atoms with Gasteiger partial charge in [-0.25, -0.2) is 31.6 Å². The monoisotopic (exact) mass is 419 g/mol. The average molecular weight is 419 g/mol. The van der Waals surface area contributed by atoms with Crippen LogP contribution in [0.5, 0.6) is 0 Å². The molecule has 3 aromatic rings. The Kier molecular flexibility index (Phi) is 4.99. The highest BCUT2D eigenvalue weighted by Crippen LogP contribution is 2.31. The third-order valence-electron chi connectivity index (χ3n) is 4.51. The van der Waals surface area contributed by atoms with Crippen LogP contribution in [0.2, 0.25) is 0 Å². The molecule has 4 rings (SSSR count). The summed E-state index contributed by atoms with van der Waals surface area (Å²) in [6, 6.07) is 9.47. The summed E-state index contributed by atoms with van der Waals surface area (Å²) in [5.41, 5.74) is 0.602. The number of hydrogen-bond acceptors (Lipinski definition) is 5. The Morgan fingerprint density at radius 3 is 2.55 bits per heavy atom. The van der Waals surface area contributed by atoms with Crippen LogP contribution in [0.4, 0.5) is 24.8 Å². The van der Waals surface area contributed by atoms with Gasteiger partial charge in [-0.2, -0.15) is 0 Å². The molecule has 0 amide bonds. The number of anilines is 2. The quantitative estimate of drug-likeness (QED) is 0.642. The molecule has 1 fully saturated rings. The molecule has 0 spiro atoms. The van der Waals surface area contributed by atoms with Gasteiger partial charge in [0.1, 0.15) is 17.3 Å². The number of rotatable bonds is 6. The van der Waals surface area contributed by atoms with E-state index in [2.05, 4.69) is 15.3 Å². The zero-order valence-corrected chi connectivity index (χ0v) is 15.9. The van der Waals surface area contributed by atoms with Crippen LogP contribution in [0.25, 0.3) is 11.3 Å². The van der Waals surface area contributed by atoms with Crippen molar-refractivity contribution in [2.75, 3.05) is 5.32 Å². The Morgan fingerprint density at radius 1 is 1.03 bits per heavy atom. The number of benzene rings is 2. The molecule has 0 aliphatic heterocycles. The van der Waals surface area contributed by atoms with Crippen molar-refractivity contribution in [1.82, 2.24) is 9.97 Å². The Hall–Kier alpha value is -2.94. The number of nitrogens with one attached hydrogen (secondary N) is 1. The third kappa shape index (κ3) is 4.40.